The summed E-state index contributed by atoms with van der Waals surface area (Å²) in [7, 11) is 0. The topological polar surface area (TPSA) is 82.9 Å². The number of rotatable bonds is 1. The molecule has 0 atom stereocenters. The number of amidine groups is 1. The molecule has 0 amide bonds. The van der Waals surface area contributed by atoms with Crippen molar-refractivity contribution in [3.8, 4) is 11.5 Å². The van der Waals surface area contributed by atoms with Crippen molar-refractivity contribution < 1.29 is 9.47 Å². The maximum atomic E-state index is 5.56. The van der Waals surface area contributed by atoms with Gasteiger partial charge in [0, 0.05) is 5.56 Å². The van der Waals surface area contributed by atoms with Crippen LogP contribution in [-0.4, -0.2) is 19.0 Å². The van der Waals surface area contributed by atoms with Crippen molar-refractivity contribution >= 4 is 5.84 Å². The molecular formula is C9H11N3O2. The van der Waals surface area contributed by atoms with Crippen LogP contribution in [0.3, 0.4) is 0 Å². The van der Waals surface area contributed by atoms with Gasteiger partial charge in [0.2, 0.25) is 0 Å². The van der Waals surface area contributed by atoms with Gasteiger partial charge in [-0.15, -0.1) is 0 Å². The van der Waals surface area contributed by atoms with E-state index in [1.165, 1.54) is 0 Å². The Labute approximate surface area is 81.3 Å². The van der Waals surface area contributed by atoms with Gasteiger partial charge >= 0.3 is 0 Å². The van der Waals surface area contributed by atoms with Gasteiger partial charge in [-0.25, -0.2) is 0 Å². The summed E-state index contributed by atoms with van der Waals surface area (Å²) < 4.78 is 10.7. The van der Waals surface area contributed by atoms with Crippen LogP contribution in [-0.2, 0) is 0 Å². The lowest BCUT2D eigenvalue weighted by molar-refractivity contribution is 0.171. The molecule has 0 unspecified atom stereocenters. The molecule has 74 valence electrons. The van der Waals surface area contributed by atoms with Crippen molar-refractivity contribution in [3.63, 3.8) is 0 Å². The second kappa shape index (κ2) is 3.45. The van der Waals surface area contributed by atoms with Gasteiger partial charge in [0.25, 0.3) is 0 Å². The SMILES string of the molecule is NN=C(N)c1ccc2c(c1)OCCO2. The third kappa shape index (κ3) is 1.44. The maximum Gasteiger partial charge on any atom is 0.162 e. The Bertz CT molecular complexity index is 376. The third-order valence-corrected chi connectivity index (χ3v) is 1.98. The Morgan fingerprint density at radius 1 is 1.21 bits per heavy atom. The van der Waals surface area contributed by atoms with Crippen molar-refractivity contribution in [2.75, 3.05) is 13.2 Å². The van der Waals surface area contributed by atoms with E-state index < -0.39 is 0 Å². The summed E-state index contributed by atoms with van der Waals surface area (Å²) in [5, 5.41) is 3.41. The molecule has 5 nitrogen and oxygen atoms in total. The van der Waals surface area contributed by atoms with E-state index in [1.807, 2.05) is 0 Å². The molecule has 0 aliphatic carbocycles. The highest BCUT2D eigenvalue weighted by molar-refractivity contribution is 5.97. The summed E-state index contributed by atoms with van der Waals surface area (Å²) in [4.78, 5) is 0. The van der Waals surface area contributed by atoms with E-state index in [2.05, 4.69) is 5.10 Å². The first-order valence-corrected chi connectivity index (χ1v) is 4.24. The quantitative estimate of drug-likeness (QED) is 0.285. The first kappa shape index (κ1) is 8.68. The molecule has 1 heterocycles. The molecule has 0 saturated heterocycles. The summed E-state index contributed by atoms with van der Waals surface area (Å²) in [6.45, 7) is 1.13. The van der Waals surface area contributed by atoms with E-state index in [0.29, 0.717) is 19.0 Å². The molecule has 4 N–H and O–H groups in total. The second-order valence-electron chi connectivity index (χ2n) is 2.87. The van der Waals surface area contributed by atoms with E-state index >= 15 is 0 Å². The average molecular weight is 193 g/mol. The number of nitrogens with two attached hydrogens (primary N) is 2. The minimum absolute atomic E-state index is 0.280. The first-order valence-electron chi connectivity index (χ1n) is 4.24. The van der Waals surface area contributed by atoms with E-state index in [0.717, 1.165) is 11.3 Å². The number of hydrogen-bond donors (Lipinski definition) is 2. The molecule has 1 aliphatic rings. The Balaban J connectivity index is 2.38. The van der Waals surface area contributed by atoms with Crippen LogP contribution in [0.15, 0.2) is 23.3 Å². The number of hydrogen-bond acceptors (Lipinski definition) is 4. The zero-order valence-corrected chi connectivity index (χ0v) is 7.56. The van der Waals surface area contributed by atoms with Crippen LogP contribution in [0.2, 0.25) is 0 Å². The zero-order chi connectivity index (χ0) is 9.97. The highest BCUT2D eigenvalue weighted by Gasteiger charge is 2.12. The molecular weight excluding hydrogens is 182 g/mol. The van der Waals surface area contributed by atoms with Gasteiger partial charge in [-0.1, -0.05) is 0 Å². The number of nitrogens with zero attached hydrogens (tertiary/aromatic N) is 1. The van der Waals surface area contributed by atoms with Crippen LogP contribution < -0.4 is 21.1 Å². The summed E-state index contributed by atoms with van der Waals surface area (Å²) in [5.74, 6) is 6.76. The molecule has 5 heteroatoms. The predicted molar refractivity (Wildman–Crippen MR) is 52.3 cm³/mol. The van der Waals surface area contributed by atoms with Gasteiger partial charge in [0.05, 0.1) is 0 Å². The lowest BCUT2D eigenvalue weighted by atomic mass is 10.2. The molecule has 0 bridgehead atoms. The fourth-order valence-corrected chi connectivity index (χ4v) is 1.28. The van der Waals surface area contributed by atoms with E-state index in [-0.39, 0.29) is 5.84 Å². The smallest absolute Gasteiger partial charge is 0.162 e. The lowest BCUT2D eigenvalue weighted by Crippen LogP contribution is -2.18. The Morgan fingerprint density at radius 2 is 1.93 bits per heavy atom. The Kier molecular flexibility index (Phi) is 2.14. The predicted octanol–water partition coefficient (Wildman–Crippen LogP) is 0.0368. The minimum Gasteiger partial charge on any atom is -0.486 e. The van der Waals surface area contributed by atoms with Crippen LogP contribution in [0, 0.1) is 0 Å². The highest BCUT2D eigenvalue weighted by Crippen LogP contribution is 2.30. The number of benzene rings is 1. The molecule has 0 radical (unpaired) electrons. The van der Waals surface area contributed by atoms with Crippen molar-refractivity contribution in [1.82, 2.24) is 0 Å². The van der Waals surface area contributed by atoms with Crippen LogP contribution in [0.5, 0.6) is 11.5 Å². The summed E-state index contributed by atoms with van der Waals surface area (Å²) >= 11 is 0. The van der Waals surface area contributed by atoms with Crippen LogP contribution in [0.4, 0.5) is 0 Å². The number of hydrazone groups is 1. The van der Waals surface area contributed by atoms with Crippen LogP contribution >= 0.6 is 0 Å². The van der Waals surface area contributed by atoms with Gasteiger partial charge in [-0.3, -0.25) is 0 Å². The molecule has 1 aromatic carbocycles. The van der Waals surface area contributed by atoms with E-state index in [1.54, 1.807) is 18.2 Å². The fraction of sp³-hybridized carbons (Fsp3) is 0.222. The molecule has 1 aromatic rings. The molecule has 0 aromatic heterocycles. The molecule has 0 fully saturated rings. The molecule has 14 heavy (non-hydrogen) atoms. The maximum absolute atomic E-state index is 5.56. The van der Waals surface area contributed by atoms with Gasteiger partial charge in [-0.05, 0) is 18.2 Å². The molecule has 1 aliphatic heterocycles. The first-order chi connectivity index (χ1) is 6.81. The molecule has 0 saturated carbocycles. The van der Waals surface area contributed by atoms with Gasteiger partial charge in [0.1, 0.15) is 19.0 Å². The molecule has 0 spiro atoms. The average Bonchev–Trinajstić information content (AvgIpc) is 2.27. The van der Waals surface area contributed by atoms with E-state index in [9.17, 15) is 0 Å². The normalized spacial score (nSPS) is 15.3. The summed E-state index contributed by atoms with van der Waals surface area (Å²) in [6, 6.07) is 5.35. The van der Waals surface area contributed by atoms with Crippen molar-refractivity contribution in [1.29, 1.82) is 0 Å². The largest absolute Gasteiger partial charge is 0.486 e. The van der Waals surface area contributed by atoms with E-state index in [4.69, 9.17) is 21.1 Å². The van der Waals surface area contributed by atoms with Gasteiger partial charge in [0.15, 0.2) is 11.5 Å². The van der Waals surface area contributed by atoms with Crippen LogP contribution in [0.25, 0.3) is 0 Å². The molecule has 2 rings (SSSR count). The van der Waals surface area contributed by atoms with Gasteiger partial charge < -0.3 is 21.1 Å². The van der Waals surface area contributed by atoms with Gasteiger partial charge in [-0.2, -0.15) is 5.10 Å². The Morgan fingerprint density at radius 3 is 2.64 bits per heavy atom. The number of fused-ring (bicyclic) bond motifs is 1. The lowest BCUT2D eigenvalue weighted by Gasteiger charge is -2.18. The number of ether oxygens (including phenoxy) is 2. The minimum atomic E-state index is 0.280. The zero-order valence-electron chi connectivity index (χ0n) is 7.56. The second-order valence-corrected chi connectivity index (χ2v) is 2.87. The monoisotopic (exact) mass is 193 g/mol. The fourth-order valence-electron chi connectivity index (χ4n) is 1.28. The van der Waals surface area contributed by atoms with Crippen molar-refractivity contribution in [2.45, 2.75) is 0 Å². The Hall–Kier alpha value is -1.91. The third-order valence-electron chi connectivity index (χ3n) is 1.98. The highest BCUT2D eigenvalue weighted by atomic mass is 16.6. The van der Waals surface area contributed by atoms with Crippen molar-refractivity contribution in [3.05, 3.63) is 23.8 Å². The van der Waals surface area contributed by atoms with Crippen LogP contribution in [0.1, 0.15) is 5.56 Å². The summed E-state index contributed by atoms with van der Waals surface area (Å²) in [6.07, 6.45) is 0. The van der Waals surface area contributed by atoms with Crippen molar-refractivity contribution in [2.24, 2.45) is 16.7 Å². The standard InChI is InChI=1S/C9H11N3O2/c10-9(12-11)6-1-2-7-8(5-6)14-4-3-13-7/h1-2,5H,3-4,11H2,(H2,10,12). The summed E-state index contributed by atoms with van der Waals surface area (Å²) in [5.41, 5.74) is 6.29.